The molecule has 0 aliphatic carbocycles. The van der Waals surface area contributed by atoms with Gasteiger partial charge in [0.25, 0.3) is 5.91 Å². The van der Waals surface area contributed by atoms with Crippen LogP contribution in [0.3, 0.4) is 0 Å². The van der Waals surface area contributed by atoms with Crippen LogP contribution < -0.4 is 19.8 Å². The van der Waals surface area contributed by atoms with Gasteiger partial charge in [-0.1, -0.05) is 55.7 Å². The number of amides is 1. The van der Waals surface area contributed by atoms with E-state index in [0.717, 1.165) is 30.4 Å². The number of para-hydroxylation sites is 1. The van der Waals surface area contributed by atoms with E-state index in [0.29, 0.717) is 40.3 Å². The van der Waals surface area contributed by atoms with Crippen molar-refractivity contribution in [3.63, 3.8) is 0 Å². The molecule has 3 aromatic carbocycles. The summed E-state index contributed by atoms with van der Waals surface area (Å²) in [4.78, 5) is 29.1. The highest BCUT2D eigenvalue weighted by molar-refractivity contribution is 6.10. The second-order valence-electron chi connectivity index (χ2n) is 9.05. The highest BCUT2D eigenvalue weighted by atomic mass is 16.5. The minimum Gasteiger partial charge on any atom is -0.493 e. The van der Waals surface area contributed by atoms with Crippen molar-refractivity contribution in [3.8, 4) is 11.5 Å². The first-order valence-electron chi connectivity index (χ1n) is 12.3. The maximum Gasteiger partial charge on any atom is 0.295 e. The summed E-state index contributed by atoms with van der Waals surface area (Å²) >= 11 is 0. The Kier molecular flexibility index (Phi) is 6.51. The molecule has 4 aromatic rings. The van der Waals surface area contributed by atoms with Gasteiger partial charge in [-0.2, -0.15) is 0 Å². The number of nitrogens with zero attached hydrogens (tertiary/aromatic N) is 1. The third kappa shape index (κ3) is 4.13. The number of hydrogen-bond acceptors (Lipinski definition) is 5. The van der Waals surface area contributed by atoms with Gasteiger partial charge in [-0.15, -0.1) is 0 Å². The molecule has 5 rings (SSSR count). The molecule has 0 radical (unpaired) electrons. The second-order valence-corrected chi connectivity index (χ2v) is 9.05. The van der Waals surface area contributed by atoms with Gasteiger partial charge in [0.1, 0.15) is 5.58 Å². The van der Waals surface area contributed by atoms with Crippen molar-refractivity contribution in [1.29, 1.82) is 0 Å². The molecule has 1 aromatic heterocycles. The first-order chi connectivity index (χ1) is 17.5. The van der Waals surface area contributed by atoms with Crippen molar-refractivity contribution in [2.45, 2.75) is 39.2 Å². The Balaban J connectivity index is 1.67. The number of carbonyl (C=O) groups excluding carboxylic acids is 1. The van der Waals surface area contributed by atoms with E-state index in [1.54, 1.807) is 18.1 Å². The molecule has 0 fully saturated rings. The minimum absolute atomic E-state index is 0.0732. The highest BCUT2D eigenvalue weighted by Gasteiger charge is 2.43. The third-order valence-corrected chi connectivity index (χ3v) is 6.57. The van der Waals surface area contributed by atoms with Crippen LogP contribution in [0.4, 0.5) is 5.69 Å². The summed E-state index contributed by atoms with van der Waals surface area (Å²) in [6, 6.07) is 19.7. The molecule has 6 nitrogen and oxygen atoms in total. The van der Waals surface area contributed by atoms with Gasteiger partial charge in [0.2, 0.25) is 5.76 Å². The molecule has 1 unspecified atom stereocenters. The summed E-state index contributed by atoms with van der Waals surface area (Å²) < 4.78 is 17.7. The van der Waals surface area contributed by atoms with Crippen LogP contribution in [0.5, 0.6) is 11.5 Å². The predicted molar refractivity (Wildman–Crippen MR) is 140 cm³/mol. The molecule has 6 heteroatoms. The number of anilines is 1. The fraction of sp³-hybridized carbons (Fsp3) is 0.267. The van der Waals surface area contributed by atoms with Gasteiger partial charge < -0.3 is 13.9 Å². The Morgan fingerprint density at radius 3 is 2.50 bits per heavy atom. The maximum atomic E-state index is 13.8. The molecule has 36 heavy (non-hydrogen) atoms. The Morgan fingerprint density at radius 2 is 1.75 bits per heavy atom. The second kappa shape index (κ2) is 9.90. The van der Waals surface area contributed by atoms with Gasteiger partial charge in [0.15, 0.2) is 16.9 Å². The van der Waals surface area contributed by atoms with Gasteiger partial charge >= 0.3 is 0 Å². The van der Waals surface area contributed by atoms with Crippen LogP contribution in [0.15, 0.2) is 75.9 Å². The average molecular weight is 484 g/mol. The number of rotatable bonds is 8. The van der Waals surface area contributed by atoms with Crippen molar-refractivity contribution in [2.75, 3.05) is 18.6 Å². The number of hydrogen-bond donors (Lipinski definition) is 0. The Bertz CT molecular complexity index is 1470. The van der Waals surface area contributed by atoms with Crippen LogP contribution in [0, 0.1) is 6.92 Å². The van der Waals surface area contributed by atoms with Crippen LogP contribution in [0.2, 0.25) is 0 Å². The standard InChI is InChI=1S/C30H29NO5/c1-4-5-9-16-35-24-15-13-20(18-25(24)34-3)27-26-28(32)22-17-19(2)12-14-23(22)36-29(26)30(33)31(27)21-10-7-6-8-11-21/h6-8,10-15,17-18,27H,4-5,9,16H2,1-3H3. The predicted octanol–water partition coefficient (Wildman–Crippen LogP) is 6.43. The number of carbonyl (C=O) groups is 1. The van der Waals surface area contributed by atoms with E-state index >= 15 is 0 Å². The first-order valence-corrected chi connectivity index (χ1v) is 12.3. The Labute approximate surface area is 210 Å². The van der Waals surface area contributed by atoms with E-state index in [1.807, 2.05) is 67.6 Å². The number of benzene rings is 3. The fourth-order valence-electron chi connectivity index (χ4n) is 4.76. The van der Waals surface area contributed by atoms with Crippen LogP contribution in [0.1, 0.15) is 59.5 Å². The number of ether oxygens (including phenoxy) is 2. The van der Waals surface area contributed by atoms with E-state index < -0.39 is 6.04 Å². The van der Waals surface area contributed by atoms with E-state index in [1.165, 1.54) is 0 Å². The van der Waals surface area contributed by atoms with Crippen LogP contribution in [-0.2, 0) is 0 Å². The molecule has 0 N–H and O–H groups in total. The first kappa shape index (κ1) is 23.7. The van der Waals surface area contributed by atoms with Crippen LogP contribution in [0.25, 0.3) is 11.0 Å². The van der Waals surface area contributed by atoms with E-state index in [-0.39, 0.29) is 17.1 Å². The smallest absolute Gasteiger partial charge is 0.295 e. The van der Waals surface area contributed by atoms with Crippen molar-refractivity contribution < 1.29 is 18.7 Å². The normalized spacial score (nSPS) is 14.8. The van der Waals surface area contributed by atoms with E-state index in [2.05, 4.69) is 6.92 Å². The largest absolute Gasteiger partial charge is 0.493 e. The van der Waals surface area contributed by atoms with Gasteiger partial charge in [-0.3, -0.25) is 14.5 Å². The molecule has 1 aliphatic heterocycles. The van der Waals surface area contributed by atoms with Gasteiger partial charge in [0.05, 0.1) is 30.7 Å². The number of aryl methyl sites for hydroxylation is 1. The highest BCUT2D eigenvalue weighted by Crippen LogP contribution is 2.43. The van der Waals surface area contributed by atoms with Crippen molar-refractivity contribution >= 4 is 22.6 Å². The topological polar surface area (TPSA) is 69.0 Å². The molecule has 0 bridgehead atoms. The SMILES string of the molecule is CCCCCOc1ccc(C2c3c(oc4ccc(C)cc4c3=O)C(=O)N2c2ccccc2)cc1OC. The number of fused-ring (bicyclic) bond motifs is 2. The number of methoxy groups -OCH3 is 1. The van der Waals surface area contributed by atoms with Gasteiger partial charge in [0, 0.05) is 5.69 Å². The summed E-state index contributed by atoms with van der Waals surface area (Å²) in [6.07, 6.45) is 3.17. The lowest BCUT2D eigenvalue weighted by molar-refractivity contribution is 0.0971. The van der Waals surface area contributed by atoms with Crippen molar-refractivity contribution in [1.82, 2.24) is 0 Å². The molecule has 184 valence electrons. The zero-order chi connectivity index (χ0) is 25.2. The lowest BCUT2D eigenvalue weighted by Gasteiger charge is -2.26. The van der Waals surface area contributed by atoms with Gasteiger partial charge in [-0.25, -0.2) is 0 Å². The quantitative estimate of drug-likeness (QED) is 0.270. The lowest BCUT2D eigenvalue weighted by Crippen LogP contribution is -2.29. The maximum absolute atomic E-state index is 13.8. The minimum atomic E-state index is -0.667. The third-order valence-electron chi connectivity index (χ3n) is 6.57. The van der Waals surface area contributed by atoms with E-state index in [9.17, 15) is 9.59 Å². The molecule has 1 amide bonds. The molecule has 2 heterocycles. The number of unbranched alkanes of at least 4 members (excludes halogenated alkanes) is 2. The molecule has 0 spiro atoms. The molecule has 0 saturated carbocycles. The summed E-state index contributed by atoms with van der Waals surface area (Å²) in [5.41, 5.74) is 2.90. The summed E-state index contributed by atoms with van der Waals surface area (Å²) in [5.74, 6) is 0.914. The molecule has 0 saturated heterocycles. The molecular formula is C30H29NO5. The monoisotopic (exact) mass is 483 g/mol. The fourth-order valence-corrected chi connectivity index (χ4v) is 4.76. The van der Waals surface area contributed by atoms with Gasteiger partial charge in [-0.05, 0) is 55.3 Å². The zero-order valence-corrected chi connectivity index (χ0v) is 20.7. The summed E-state index contributed by atoms with van der Waals surface area (Å²) in [7, 11) is 1.59. The average Bonchev–Trinajstić information content (AvgIpc) is 3.20. The summed E-state index contributed by atoms with van der Waals surface area (Å²) in [5, 5.41) is 0.462. The molecular weight excluding hydrogens is 454 g/mol. The molecule has 1 aliphatic rings. The lowest BCUT2D eigenvalue weighted by atomic mass is 9.97. The Hall–Kier alpha value is -4.06. The van der Waals surface area contributed by atoms with Crippen LogP contribution in [-0.4, -0.2) is 19.6 Å². The van der Waals surface area contributed by atoms with E-state index in [4.69, 9.17) is 13.9 Å². The summed E-state index contributed by atoms with van der Waals surface area (Å²) in [6.45, 7) is 4.67. The van der Waals surface area contributed by atoms with Crippen molar-refractivity contribution in [3.05, 3.63) is 99.4 Å². The Morgan fingerprint density at radius 1 is 0.944 bits per heavy atom. The van der Waals surface area contributed by atoms with Crippen molar-refractivity contribution in [2.24, 2.45) is 0 Å². The van der Waals surface area contributed by atoms with Crippen LogP contribution >= 0.6 is 0 Å². The molecule has 1 atom stereocenters. The zero-order valence-electron chi connectivity index (χ0n) is 20.7.